The number of hydrogen-bond acceptors (Lipinski definition) is 7. The zero-order valence-corrected chi connectivity index (χ0v) is 12.5. The van der Waals surface area contributed by atoms with Crippen molar-refractivity contribution in [2.24, 2.45) is 5.73 Å². The van der Waals surface area contributed by atoms with Crippen molar-refractivity contribution < 1.29 is 4.79 Å². The van der Waals surface area contributed by atoms with Crippen molar-refractivity contribution >= 4 is 52.1 Å². The number of nitrogens with two attached hydrogens (primary N) is 1. The van der Waals surface area contributed by atoms with Crippen LogP contribution in [-0.4, -0.2) is 20.5 Å². The highest BCUT2D eigenvalue weighted by Crippen LogP contribution is 2.31. The number of aryl methyl sites for hydroxylation is 1. The Labute approximate surface area is 121 Å². The summed E-state index contributed by atoms with van der Waals surface area (Å²) in [5.74, 6) is 0.281. The molecule has 0 fully saturated rings. The van der Waals surface area contributed by atoms with Gasteiger partial charge in [-0.05, 0) is 6.92 Å². The SMILES string of the molecule is Cc1nc(SCc2nnsc2Cl)sc1CC(N)=O. The van der Waals surface area contributed by atoms with Gasteiger partial charge in [0.2, 0.25) is 5.91 Å². The van der Waals surface area contributed by atoms with E-state index in [9.17, 15) is 4.79 Å². The zero-order chi connectivity index (χ0) is 13.1. The summed E-state index contributed by atoms with van der Waals surface area (Å²) in [6.45, 7) is 1.87. The van der Waals surface area contributed by atoms with Gasteiger partial charge < -0.3 is 5.73 Å². The van der Waals surface area contributed by atoms with E-state index in [1.54, 1.807) is 0 Å². The molecule has 96 valence electrons. The van der Waals surface area contributed by atoms with Gasteiger partial charge in [-0.25, -0.2) is 4.98 Å². The minimum Gasteiger partial charge on any atom is -0.369 e. The Balaban J connectivity index is 2.02. The van der Waals surface area contributed by atoms with Crippen LogP contribution in [0.15, 0.2) is 4.34 Å². The number of primary amides is 1. The van der Waals surface area contributed by atoms with Crippen LogP contribution >= 0.6 is 46.2 Å². The number of halogens is 1. The Morgan fingerprint density at radius 2 is 2.33 bits per heavy atom. The topological polar surface area (TPSA) is 81.8 Å². The highest BCUT2D eigenvalue weighted by Gasteiger charge is 2.12. The minimum absolute atomic E-state index is 0.239. The number of hydrogen-bond donors (Lipinski definition) is 1. The van der Waals surface area contributed by atoms with E-state index in [2.05, 4.69) is 14.6 Å². The summed E-state index contributed by atoms with van der Waals surface area (Å²) in [4.78, 5) is 16.2. The number of rotatable bonds is 5. The molecule has 2 rings (SSSR count). The minimum atomic E-state index is -0.343. The lowest BCUT2D eigenvalue weighted by Gasteiger charge is -1.93. The fraction of sp³-hybridized carbons (Fsp3) is 0.333. The standard InChI is InChI=1S/C9H9ClN4OS3/c1-4-6(2-7(11)15)17-9(12-4)16-3-5-8(10)18-14-13-5/h2-3H2,1H3,(H2,11,15). The molecule has 0 saturated heterocycles. The predicted molar refractivity (Wildman–Crippen MR) is 74.2 cm³/mol. The molecule has 0 aliphatic rings. The largest absolute Gasteiger partial charge is 0.369 e. The van der Waals surface area contributed by atoms with Crippen LogP contribution in [-0.2, 0) is 17.0 Å². The van der Waals surface area contributed by atoms with Crippen LogP contribution in [0.4, 0.5) is 0 Å². The second-order valence-corrected chi connectivity index (χ2v) is 7.08. The molecule has 0 saturated carbocycles. The van der Waals surface area contributed by atoms with Crippen LogP contribution < -0.4 is 5.73 Å². The van der Waals surface area contributed by atoms with E-state index in [1.165, 1.54) is 34.6 Å². The summed E-state index contributed by atoms with van der Waals surface area (Å²) in [5, 5.41) is 3.93. The fourth-order valence-corrected chi connectivity index (χ4v) is 4.17. The Hall–Kier alpha value is -0.700. The Morgan fingerprint density at radius 3 is 2.94 bits per heavy atom. The maximum atomic E-state index is 10.9. The molecule has 0 bridgehead atoms. The Bertz CT molecular complexity index is 568. The van der Waals surface area contributed by atoms with Gasteiger partial charge in [-0.1, -0.05) is 27.9 Å². The molecule has 0 spiro atoms. The van der Waals surface area contributed by atoms with E-state index in [1.807, 2.05) is 6.92 Å². The van der Waals surface area contributed by atoms with Crippen molar-refractivity contribution in [3.05, 3.63) is 20.6 Å². The monoisotopic (exact) mass is 320 g/mol. The second-order valence-electron chi connectivity index (χ2n) is 3.41. The number of amides is 1. The van der Waals surface area contributed by atoms with E-state index in [0.29, 0.717) is 10.1 Å². The number of carbonyl (C=O) groups excluding carboxylic acids is 1. The molecule has 0 aliphatic heterocycles. The first-order chi connectivity index (χ1) is 8.56. The van der Waals surface area contributed by atoms with Crippen molar-refractivity contribution in [1.82, 2.24) is 14.6 Å². The lowest BCUT2D eigenvalue weighted by atomic mass is 10.3. The highest BCUT2D eigenvalue weighted by atomic mass is 35.5. The van der Waals surface area contributed by atoms with Crippen molar-refractivity contribution in [2.75, 3.05) is 0 Å². The van der Waals surface area contributed by atoms with Gasteiger partial charge in [-0.2, -0.15) is 0 Å². The molecule has 9 heteroatoms. The van der Waals surface area contributed by atoms with Crippen LogP contribution in [0.1, 0.15) is 16.3 Å². The Kier molecular flexibility index (Phi) is 4.55. The molecular weight excluding hydrogens is 312 g/mol. The van der Waals surface area contributed by atoms with Crippen LogP contribution in [0.3, 0.4) is 0 Å². The summed E-state index contributed by atoms with van der Waals surface area (Å²) in [7, 11) is 0. The normalized spacial score (nSPS) is 10.8. The molecule has 0 unspecified atom stereocenters. The van der Waals surface area contributed by atoms with Gasteiger partial charge in [0, 0.05) is 22.2 Å². The smallest absolute Gasteiger partial charge is 0.222 e. The summed E-state index contributed by atoms with van der Waals surface area (Å²) in [6.07, 6.45) is 0.239. The number of thioether (sulfide) groups is 1. The van der Waals surface area contributed by atoms with Crippen molar-refractivity contribution in [2.45, 2.75) is 23.4 Å². The predicted octanol–water partition coefficient (Wildman–Crippen LogP) is 2.28. The number of aromatic nitrogens is 3. The molecule has 1 amide bonds. The first kappa shape index (κ1) is 13.7. The molecule has 0 aliphatic carbocycles. The average Bonchev–Trinajstić information content (AvgIpc) is 2.83. The van der Waals surface area contributed by atoms with E-state index in [4.69, 9.17) is 17.3 Å². The van der Waals surface area contributed by atoms with E-state index < -0.39 is 0 Å². The molecule has 0 atom stereocenters. The van der Waals surface area contributed by atoms with E-state index in [-0.39, 0.29) is 12.3 Å². The van der Waals surface area contributed by atoms with Crippen molar-refractivity contribution in [1.29, 1.82) is 0 Å². The van der Waals surface area contributed by atoms with Crippen molar-refractivity contribution in [3.8, 4) is 0 Å². The van der Waals surface area contributed by atoms with Gasteiger partial charge >= 0.3 is 0 Å². The van der Waals surface area contributed by atoms with Gasteiger partial charge in [0.15, 0.2) is 4.34 Å². The molecule has 0 aromatic carbocycles. The van der Waals surface area contributed by atoms with Gasteiger partial charge in [0.25, 0.3) is 0 Å². The molecule has 2 heterocycles. The maximum Gasteiger partial charge on any atom is 0.222 e. The maximum absolute atomic E-state index is 10.9. The lowest BCUT2D eigenvalue weighted by Crippen LogP contribution is -2.13. The third-order valence-electron chi connectivity index (χ3n) is 2.05. The summed E-state index contributed by atoms with van der Waals surface area (Å²) < 4.78 is 5.25. The van der Waals surface area contributed by atoms with E-state index >= 15 is 0 Å². The Morgan fingerprint density at radius 1 is 1.56 bits per heavy atom. The van der Waals surface area contributed by atoms with Crippen LogP contribution in [0, 0.1) is 6.92 Å². The van der Waals surface area contributed by atoms with Gasteiger partial charge in [0.1, 0.15) is 10.0 Å². The zero-order valence-electron chi connectivity index (χ0n) is 9.34. The third kappa shape index (κ3) is 3.41. The summed E-state index contributed by atoms with van der Waals surface area (Å²) in [6, 6.07) is 0. The van der Waals surface area contributed by atoms with Gasteiger partial charge in [-0.15, -0.1) is 16.4 Å². The molecule has 2 aromatic rings. The molecular formula is C9H9ClN4OS3. The molecule has 2 N–H and O–H groups in total. The van der Waals surface area contributed by atoms with Crippen molar-refractivity contribution in [3.63, 3.8) is 0 Å². The molecule has 0 radical (unpaired) electrons. The fourth-order valence-electron chi connectivity index (χ4n) is 1.20. The molecule has 5 nitrogen and oxygen atoms in total. The number of nitrogens with zero attached hydrogens (tertiary/aromatic N) is 3. The highest BCUT2D eigenvalue weighted by molar-refractivity contribution is 8.00. The van der Waals surface area contributed by atoms with E-state index in [0.717, 1.165) is 20.6 Å². The quantitative estimate of drug-likeness (QED) is 0.855. The molecule has 2 aromatic heterocycles. The van der Waals surface area contributed by atoms with Crippen LogP contribution in [0.2, 0.25) is 4.34 Å². The molecule has 18 heavy (non-hydrogen) atoms. The summed E-state index contributed by atoms with van der Waals surface area (Å²) in [5.41, 5.74) is 6.78. The second kappa shape index (κ2) is 5.96. The first-order valence-corrected chi connectivity index (χ1v) is 7.85. The van der Waals surface area contributed by atoms with Gasteiger partial charge in [-0.3, -0.25) is 4.79 Å². The third-order valence-corrected chi connectivity index (χ3v) is 5.35. The summed E-state index contributed by atoms with van der Waals surface area (Å²) >= 11 is 10.1. The average molecular weight is 321 g/mol. The number of thiazole rings is 1. The van der Waals surface area contributed by atoms with Crippen LogP contribution in [0.5, 0.6) is 0 Å². The number of carbonyl (C=O) groups is 1. The first-order valence-electron chi connectivity index (χ1n) is 4.90. The van der Waals surface area contributed by atoms with Crippen LogP contribution in [0.25, 0.3) is 0 Å². The van der Waals surface area contributed by atoms with Gasteiger partial charge in [0.05, 0.1) is 12.1 Å². The lowest BCUT2D eigenvalue weighted by molar-refractivity contribution is -0.117.